The molecule has 1 heterocycles. The molecule has 0 radical (unpaired) electrons. The van der Waals surface area contributed by atoms with Crippen LogP contribution in [0.1, 0.15) is 58.9 Å². The van der Waals surface area contributed by atoms with Crippen molar-refractivity contribution in [2.45, 2.75) is 51.6 Å². The van der Waals surface area contributed by atoms with Gasteiger partial charge in [-0.15, -0.1) is 5.10 Å². The Balaban J connectivity index is 1.82. The average molecular weight is 435 g/mol. The molecule has 2 amide bonds. The number of nitrogens with one attached hydrogen (secondary N) is 1. The Morgan fingerprint density at radius 1 is 1.10 bits per heavy atom. The van der Waals surface area contributed by atoms with Gasteiger partial charge in [-0.25, -0.2) is 0 Å². The smallest absolute Gasteiger partial charge is 0.280 e. The molecule has 1 atom stereocenters. The van der Waals surface area contributed by atoms with Crippen molar-refractivity contribution >= 4 is 29.0 Å². The number of aromatic nitrogens is 2. The highest BCUT2D eigenvalue weighted by Crippen LogP contribution is 2.33. The number of hydrogen-bond acceptors (Lipinski definition) is 5. The minimum absolute atomic E-state index is 0.149. The zero-order valence-corrected chi connectivity index (χ0v) is 18.6. The van der Waals surface area contributed by atoms with Crippen LogP contribution in [-0.4, -0.2) is 27.4 Å². The summed E-state index contributed by atoms with van der Waals surface area (Å²) in [6.45, 7) is 3.97. The van der Waals surface area contributed by atoms with Crippen LogP contribution in [0.5, 0.6) is 0 Å². The van der Waals surface area contributed by atoms with Crippen molar-refractivity contribution in [1.29, 1.82) is 0 Å². The number of benzene rings is 2. The van der Waals surface area contributed by atoms with Gasteiger partial charge in [0, 0.05) is 17.1 Å². The van der Waals surface area contributed by atoms with E-state index in [1.54, 1.807) is 10.3 Å². The van der Waals surface area contributed by atoms with E-state index < -0.39 is 6.04 Å². The van der Waals surface area contributed by atoms with Crippen LogP contribution in [0.25, 0.3) is 0 Å². The molecule has 0 spiro atoms. The number of nitrogens with zero attached hydrogens (tertiary/aromatic N) is 3. The lowest BCUT2D eigenvalue weighted by atomic mass is 10.00. The summed E-state index contributed by atoms with van der Waals surface area (Å²) in [5, 5.41) is 8.81. The van der Waals surface area contributed by atoms with Gasteiger partial charge in [-0.05, 0) is 55.4 Å². The third-order valence-corrected chi connectivity index (χ3v) is 6.24. The van der Waals surface area contributed by atoms with Crippen molar-refractivity contribution in [2.24, 2.45) is 0 Å². The molecule has 1 unspecified atom stereocenters. The van der Waals surface area contributed by atoms with Gasteiger partial charge in [-0.2, -0.15) is 0 Å². The predicted molar refractivity (Wildman–Crippen MR) is 122 cm³/mol. The lowest BCUT2D eigenvalue weighted by molar-refractivity contribution is -0.123. The quantitative estimate of drug-likeness (QED) is 0.615. The van der Waals surface area contributed by atoms with E-state index >= 15 is 0 Å². The molecule has 2 aromatic carbocycles. The molecule has 0 aliphatic heterocycles. The van der Waals surface area contributed by atoms with Gasteiger partial charge < -0.3 is 5.32 Å². The summed E-state index contributed by atoms with van der Waals surface area (Å²) in [7, 11) is 0. The van der Waals surface area contributed by atoms with Gasteiger partial charge in [0.15, 0.2) is 5.69 Å². The van der Waals surface area contributed by atoms with Gasteiger partial charge in [-0.3, -0.25) is 14.5 Å². The lowest BCUT2D eigenvalue weighted by Gasteiger charge is -2.33. The number of rotatable bonds is 6. The van der Waals surface area contributed by atoms with Gasteiger partial charge in [0.1, 0.15) is 6.04 Å². The third kappa shape index (κ3) is 4.66. The fourth-order valence-electron chi connectivity index (χ4n) is 4.23. The number of carbonyl (C=O) groups excluding carboxylic acids is 2. The summed E-state index contributed by atoms with van der Waals surface area (Å²) in [5.74, 6) is -0.509. The van der Waals surface area contributed by atoms with E-state index in [0.29, 0.717) is 5.69 Å². The second-order valence-electron chi connectivity index (χ2n) is 8.06. The number of carbonyl (C=O) groups is 2. The van der Waals surface area contributed by atoms with Gasteiger partial charge in [0.2, 0.25) is 5.91 Å². The maximum Gasteiger partial charge on any atom is 0.280 e. The monoisotopic (exact) mass is 434 g/mol. The minimum Gasteiger partial charge on any atom is -0.351 e. The van der Waals surface area contributed by atoms with Gasteiger partial charge in [0.25, 0.3) is 5.91 Å². The second kappa shape index (κ2) is 9.39. The van der Waals surface area contributed by atoms with Gasteiger partial charge >= 0.3 is 0 Å². The van der Waals surface area contributed by atoms with E-state index in [4.69, 9.17) is 0 Å². The van der Waals surface area contributed by atoms with Crippen molar-refractivity contribution in [1.82, 2.24) is 14.9 Å². The third-order valence-electron chi connectivity index (χ3n) is 5.73. The van der Waals surface area contributed by atoms with Crippen LogP contribution >= 0.6 is 11.5 Å². The molecule has 1 saturated carbocycles. The fourth-order valence-corrected chi connectivity index (χ4v) is 4.66. The molecule has 1 aromatic heterocycles. The average Bonchev–Trinajstić information content (AvgIpc) is 3.47. The molecule has 1 N–H and O–H groups in total. The number of amides is 2. The van der Waals surface area contributed by atoms with Crippen molar-refractivity contribution in [2.75, 3.05) is 4.90 Å². The van der Waals surface area contributed by atoms with Gasteiger partial charge in [-0.1, -0.05) is 65.4 Å². The fraction of sp³-hybridized carbons (Fsp3) is 0.333. The molecule has 0 saturated heterocycles. The summed E-state index contributed by atoms with van der Waals surface area (Å²) >= 11 is 1.12. The molecule has 7 heteroatoms. The normalized spacial score (nSPS) is 14.9. The summed E-state index contributed by atoms with van der Waals surface area (Å²) in [6.07, 6.45) is 4.18. The Hall–Kier alpha value is -3.06. The van der Waals surface area contributed by atoms with Crippen LogP contribution in [-0.2, 0) is 4.79 Å². The zero-order valence-electron chi connectivity index (χ0n) is 17.7. The number of aryl methyl sites for hydroxylation is 2. The predicted octanol–water partition coefficient (Wildman–Crippen LogP) is 4.60. The first-order valence-corrected chi connectivity index (χ1v) is 11.4. The Kier molecular flexibility index (Phi) is 6.42. The summed E-state index contributed by atoms with van der Waals surface area (Å²) in [5.41, 5.74) is 3.70. The van der Waals surface area contributed by atoms with Crippen LogP contribution in [0.4, 0.5) is 5.69 Å². The Bertz CT molecular complexity index is 1050. The summed E-state index contributed by atoms with van der Waals surface area (Å²) < 4.78 is 3.86. The van der Waals surface area contributed by atoms with Crippen LogP contribution in [0.15, 0.2) is 53.9 Å². The molecule has 160 valence electrons. The highest BCUT2D eigenvalue weighted by atomic mass is 32.1. The van der Waals surface area contributed by atoms with Crippen LogP contribution in [0.3, 0.4) is 0 Å². The second-order valence-corrected chi connectivity index (χ2v) is 8.67. The first kappa shape index (κ1) is 21.2. The molecule has 3 aromatic rings. The van der Waals surface area contributed by atoms with E-state index in [-0.39, 0.29) is 23.6 Å². The molecule has 1 fully saturated rings. The molecule has 4 rings (SSSR count). The van der Waals surface area contributed by atoms with Crippen LogP contribution in [0, 0.1) is 13.8 Å². The SMILES string of the molecule is Cc1ccc(N(C(=O)c2csnn2)C(C(=O)NC2CCCC2)c2ccccc2)c(C)c1. The van der Waals surface area contributed by atoms with Crippen molar-refractivity contribution in [3.05, 3.63) is 76.3 Å². The van der Waals surface area contributed by atoms with E-state index in [1.165, 1.54) is 0 Å². The van der Waals surface area contributed by atoms with E-state index in [2.05, 4.69) is 14.9 Å². The number of hydrogen-bond donors (Lipinski definition) is 1. The molecule has 1 aliphatic rings. The molecule has 1 aliphatic carbocycles. The minimum atomic E-state index is -0.808. The highest BCUT2D eigenvalue weighted by molar-refractivity contribution is 7.03. The largest absolute Gasteiger partial charge is 0.351 e. The Morgan fingerprint density at radius 3 is 2.48 bits per heavy atom. The van der Waals surface area contributed by atoms with Crippen LogP contribution in [0.2, 0.25) is 0 Å². The van der Waals surface area contributed by atoms with Crippen molar-refractivity contribution in [3.8, 4) is 0 Å². The van der Waals surface area contributed by atoms with Crippen LogP contribution < -0.4 is 10.2 Å². The maximum atomic E-state index is 13.7. The van der Waals surface area contributed by atoms with E-state index in [0.717, 1.165) is 53.9 Å². The molecule has 0 bridgehead atoms. The molecule has 31 heavy (non-hydrogen) atoms. The highest BCUT2D eigenvalue weighted by Gasteiger charge is 2.36. The molecular weight excluding hydrogens is 408 g/mol. The topological polar surface area (TPSA) is 75.2 Å². The first-order valence-electron chi connectivity index (χ1n) is 10.6. The molecular formula is C24H26N4O2S. The van der Waals surface area contributed by atoms with Gasteiger partial charge in [0.05, 0.1) is 0 Å². The van der Waals surface area contributed by atoms with E-state index in [9.17, 15) is 9.59 Å². The Labute approximate surface area is 186 Å². The summed E-state index contributed by atoms with van der Waals surface area (Å²) in [6, 6.07) is 14.7. The number of anilines is 1. The zero-order chi connectivity index (χ0) is 21.8. The first-order chi connectivity index (χ1) is 15.0. The maximum absolute atomic E-state index is 13.7. The van der Waals surface area contributed by atoms with E-state index in [1.807, 2.05) is 62.4 Å². The Morgan fingerprint density at radius 2 is 1.84 bits per heavy atom. The van der Waals surface area contributed by atoms with Crippen molar-refractivity contribution < 1.29 is 9.59 Å². The molecule has 6 nitrogen and oxygen atoms in total. The van der Waals surface area contributed by atoms with Crippen molar-refractivity contribution in [3.63, 3.8) is 0 Å². The lowest BCUT2D eigenvalue weighted by Crippen LogP contribution is -2.46. The summed E-state index contributed by atoms with van der Waals surface area (Å²) in [4.78, 5) is 28.9. The standard InChI is InChI=1S/C24H26N4O2S/c1-16-12-13-21(17(2)14-16)28(24(30)20-15-31-27-26-20)22(18-8-4-3-5-9-18)23(29)25-19-10-6-7-11-19/h3-5,8-9,12-15,19,22H,6-7,10-11H2,1-2H3,(H,25,29).